The Morgan fingerprint density at radius 1 is 0.957 bits per heavy atom. The van der Waals surface area contributed by atoms with Crippen LogP contribution in [-0.4, -0.2) is 79.3 Å². The molecule has 3 heterocycles. The summed E-state index contributed by atoms with van der Waals surface area (Å²) in [6, 6.07) is 15.9. The number of carbonyl (C=O) groups is 2. The molecular formula is C35H38FN5O6. The van der Waals surface area contributed by atoms with E-state index in [0.29, 0.717) is 65.2 Å². The molecule has 3 aromatic carbocycles. The van der Waals surface area contributed by atoms with Crippen LogP contribution in [0, 0.1) is 5.82 Å². The Morgan fingerprint density at radius 2 is 1.68 bits per heavy atom. The second kappa shape index (κ2) is 14.5. The molecule has 0 spiro atoms. The Bertz CT molecular complexity index is 1710. The fourth-order valence-corrected chi connectivity index (χ4v) is 5.65. The minimum atomic E-state index is -0.384. The van der Waals surface area contributed by atoms with Gasteiger partial charge in [-0.2, -0.15) is 0 Å². The van der Waals surface area contributed by atoms with Crippen molar-refractivity contribution in [1.82, 2.24) is 20.1 Å². The molecule has 0 saturated carbocycles. The first-order chi connectivity index (χ1) is 22.8. The predicted molar refractivity (Wildman–Crippen MR) is 175 cm³/mol. The van der Waals surface area contributed by atoms with Crippen molar-refractivity contribution in [3.8, 4) is 28.7 Å². The van der Waals surface area contributed by atoms with Crippen LogP contribution in [-0.2, 0) is 4.79 Å². The largest absolute Gasteiger partial charge is 0.489 e. The molecule has 246 valence electrons. The fraction of sp³-hybridized carbons (Fsp3) is 0.343. The lowest BCUT2D eigenvalue weighted by molar-refractivity contribution is -0.130. The number of carbonyl (C=O) groups excluding carboxylic acids is 2. The molecule has 0 radical (unpaired) electrons. The number of amides is 3. The van der Waals surface area contributed by atoms with Crippen LogP contribution in [0.1, 0.15) is 31.9 Å². The van der Waals surface area contributed by atoms with E-state index in [0.717, 1.165) is 44.7 Å². The highest BCUT2D eigenvalue weighted by molar-refractivity contribution is 5.95. The summed E-state index contributed by atoms with van der Waals surface area (Å²) >= 11 is 0. The summed E-state index contributed by atoms with van der Waals surface area (Å²) in [6.45, 7) is 8.84. The second-order valence-corrected chi connectivity index (χ2v) is 11.5. The molecule has 2 aliphatic heterocycles. The number of nitrogens with one attached hydrogen (secondary N) is 2. The first-order valence-corrected chi connectivity index (χ1v) is 15.8. The smallest absolute Gasteiger partial charge is 0.319 e. The van der Waals surface area contributed by atoms with Crippen LogP contribution >= 0.6 is 0 Å². The molecule has 2 aliphatic rings. The number of fused-ring (bicyclic) bond motifs is 3. The van der Waals surface area contributed by atoms with Gasteiger partial charge in [-0.3, -0.25) is 14.7 Å². The number of pyridine rings is 1. The van der Waals surface area contributed by atoms with E-state index in [1.807, 2.05) is 17.9 Å². The summed E-state index contributed by atoms with van der Waals surface area (Å²) in [5.74, 6) is 2.52. The molecule has 1 atom stereocenters. The Labute approximate surface area is 272 Å². The lowest BCUT2D eigenvalue weighted by Crippen LogP contribution is -2.48. The molecule has 1 saturated heterocycles. The van der Waals surface area contributed by atoms with Crippen LogP contribution < -0.4 is 29.6 Å². The van der Waals surface area contributed by atoms with Crippen LogP contribution in [0.4, 0.5) is 14.9 Å². The highest BCUT2D eigenvalue weighted by Crippen LogP contribution is 2.48. The summed E-state index contributed by atoms with van der Waals surface area (Å²) in [5.41, 5.74) is 2.02. The van der Waals surface area contributed by atoms with Gasteiger partial charge in [0.1, 0.15) is 30.5 Å². The lowest BCUT2D eigenvalue weighted by atomic mass is 10.1. The minimum absolute atomic E-state index is 0.126. The van der Waals surface area contributed by atoms with Crippen molar-refractivity contribution in [2.45, 2.75) is 26.3 Å². The normalized spacial score (nSPS) is 15.2. The third-order valence-electron chi connectivity index (χ3n) is 8.19. The van der Waals surface area contributed by atoms with Crippen LogP contribution in [0.15, 0.2) is 66.9 Å². The molecule has 6 rings (SSSR count). The third-order valence-corrected chi connectivity index (χ3v) is 8.19. The number of hydrogen-bond donors (Lipinski definition) is 2. The number of anilines is 1. The molecule has 3 amide bonds. The number of aromatic nitrogens is 1. The van der Waals surface area contributed by atoms with Gasteiger partial charge in [0.25, 0.3) is 0 Å². The van der Waals surface area contributed by atoms with E-state index >= 15 is 0 Å². The van der Waals surface area contributed by atoms with Gasteiger partial charge in [-0.15, -0.1) is 0 Å². The molecular weight excluding hydrogens is 605 g/mol. The first-order valence-electron chi connectivity index (χ1n) is 15.8. The highest BCUT2D eigenvalue weighted by atomic mass is 19.1. The number of piperazine rings is 1. The zero-order valence-corrected chi connectivity index (χ0v) is 26.5. The first kappa shape index (κ1) is 31.9. The van der Waals surface area contributed by atoms with Gasteiger partial charge >= 0.3 is 6.03 Å². The van der Waals surface area contributed by atoms with Crippen LogP contribution in [0.2, 0.25) is 0 Å². The number of hydrogen-bond acceptors (Lipinski definition) is 8. The quantitative estimate of drug-likeness (QED) is 0.210. The van der Waals surface area contributed by atoms with Crippen molar-refractivity contribution >= 4 is 28.5 Å². The lowest BCUT2D eigenvalue weighted by Gasteiger charge is -2.34. The Hall–Kier alpha value is -5.10. The number of benzene rings is 3. The van der Waals surface area contributed by atoms with Gasteiger partial charge in [-0.1, -0.05) is 12.1 Å². The van der Waals surface area contributed by atoms with Crippen LogP contribution in [0.3, 0.4) is 0 Å². The van der Waals surface area contributed by atoms with Gasteiger partial charge in [-0.05, 0) is 61.4 Å². The van der Waals surface area contributed by atoms with E-state index in [9.17, 15) is 14.0 Å². The van der Waals surface area contributed by atoms with Crippen LogP contribution in [0.25, 0.3) is 10.9 Å². The number of halogens is 1. The zero-order valence-electron chi connectivity index (χ0n) is 26.5. The average molecular weight is 644 g/mol. The van der Waals surface area contributed by atoms with Crippen molar-refractivity contribution in [3.63, 3.8) is 0 Å². The van der Waals surface area contributed by atoms with E-state index in [1.165, 1.54) is 12.1 Å². The summed E-state index contributed by atoms with van der Waals surface area (Å²) in [7, 11) is 0. The minimum Gasteiger partial charge on any atom is -0.489 e. The van der Waals surface area contributed by atoms with E-state index < -0.39 is 0 Å². The second-order valence-electron chi connectivity index (χ2n) is 11.5. The monoisotopic (exact) mass is 643 g/mol. The van der Waals surface area contributed by atoms with Crippen LogP contribution in [0.5, 0.6) is 28.7 Å². The van der Waals surface area contributed by atoms with Gasteiger partial charge in [0, 0.05) is 57.6 Å². The van der Waals surface area contributed by atoms with E-state index in [-0.39, 0.29) is 23.8 Å². The van der Waals surface area contributed by atoms with Crippen molar-refractivity contribution < 1.29 is 32.9 Å². The standard InChI is InChI=1S/C35H38FN5O6/c1-23(25-4-6-26(36)7-5-25)38-35(43)39-27-8-10-28(11-9-27)47-30-12-13-37-29-22-31(33-34(32(29)30)46-21-20-45-33)44-19-3-14-40-15-17-41(18-16-40)24(2)42/h4-13,22-23H,3,14-21H2,1-2H3,(H2,38,39,43)/t23-/m1/s1. The summed E-state index contributed by atoms with van der Waals surface area (Å²) in [5, 5.41) is 6.33. The average Bonchev–Trinajstić information content (AvgIpc) is 3.08. The summed E-state index contributed by atoms with van der Waals surface area (Å²) < 4.78 is 37.8. The third kappa shape index (κ3) is 7.83. The number of ether oxygens (including phenoxy) is 4. The highest BCUT2D eigenvalue weighted by Gasteiger charge is 2.25. The maximum atomic E-state index is 13.2. The maximum Gasteiger partial charge on any atom is 0.319 e. The molecule has 12 heteroatoms. The molecule has 47 heavy (non-hydrogen) atoms. The molecule has 11 nitrogen and oxygen atoms in total. The van der Waals surface area contributed by atoms with E-state index in [2.05, 4.69) is 20.5 Å². The van der Waals surface area contributed by atoms with Gasteiger partial charge in [0.15, 0.2) is 11.5 Å². The Balaban J connectivity index is 1.09. The molecule has 0 bridgehead atoms. The Morgan fingerprint density at radius 3 is 2.40 bits per heavy atom. The molecule has 1 fully saturated rings. The molecule has 2 N–H and O–H groups in total. The van der Waals surface area contributed by atoms with Crippen molar-refractivity contribution in [2.24, 2.45) is 0 Å². The predicted octanol–water partition coefficient (Wildman–Crippen LogP) is 5.75. The molecule has 4 aromatic rings. The van der Waals surface area contributed by atoms with E-state index in [4.69, 9.17) is 18.9 Å². The topological polar surface area (TPSA) is 114 Å². The SMILES string of the molecule is CC(=O)N1CCN(CCCOc2cc3nccc(Oc4ccc(NC(=O)N[C@H](C)c5ccc(F)cc5)cc4)c3c3c2OCCO3)CC1. The van der Waals surface area contributed by atoms with Gasteiger partial charge < -0.3 is 34.5 Å². The maximum absolute atomic E-state index is 13.2. The summed E-state index contributed by atoms with van der Waals surface area (Å²) in [4.78, 5) is 32.9. The number of rotatable bonds is 10. The van der Waals surface area contributed by atoms with Gasteiger partial charge in [0.2, 0.25) is 11.7 Å². The number of nitrogens with zero attached hydrogens (tertiary/aromatic N) is 3. The van der Waals surface area contributed by atoms with Crippen molar-refractivity contribution in [3.05, 3.63) is 78.2 Å². The zero-order chi connectivity index (χ0) is 32.8. The summed E-state index contributed by atoms with van der Waals surface area (Å²) in [6.07, 6.45) is 2.49. The Kier molecular flexibility index (Phi) is 9.86. The van der Waals surface area contributed by atoms with E-state index in [1.54, 1.807) is 55.6 Å². The molecule has 0 aliphatic carbocycles. The molecule has 0 unspecified atom stereocenters. The van der Waals surface area contributed by atoms with Crippen molar-refractivity contribution in [2.75, 3.05) is 57.9 Å². The van der Waals surface area contributed by atoms with Gasteiger partial charge in [-0.25, -0.2) is 9.18 Å². The molecule has 1 aromatic heterocycles. The fourth-order valence-electron chi connectivity index (χ4n) is 5.65. The van der Waals surface area contributed by atoms with Crippen molar-refractivity contribution in [1.29, 1.82) is 0 Å². The van der Waals surface area contributed by atoms with Gasteiger partial charge in [0.05, 0.1) is 23.6 Å². The number of urea groups is 1.